The standard InChI is InChI=1S/C18H37N3O2/c1-15(2)7-5-8-16(3)21-18(19-4)20-10-6-11-22-13-17-9-12-23-14-17/h15-17H,5-14H2,1-4H3,(H2,19,20,21). The van der Waals surface area contributed by atoms with Gasteiger partial charge in [-0.3, -0.25) is 4.99 Å². The Morgan fingerprint density at radius 3 is 2.74 bits per heavy atom. The first-order chi connectivity index (χ1) is 11.1. The van der Waals surface area contributed by atoms with E-state index in [0.29, 0.717) is 12.0 Å². The predicted molar refractivity (Wildman–Crippen MR) is 97.0 cm³/mol. The number of nitrogens with one attached hydrogen (secondary N) is 2. The fourth-order valence-electron chi connectivity index (χ4n) is 2.68. The van der Waals surface area contributed by atoms with Gasteiger partial charge in [-0.05, 0) is 32.1 Å². The third-order valence-electron chi connectivity index (χ3n) is 4.16. The molecule has 1 aliphatic rings. The number of ether oxygens (including phenoxy) is 2. The molecule has 0 aromatic rings. The lowest BCUT2D eigenvalue weighted by Crippen LogP contribution is -2.42. The molecule has 0 spiro atoms. The lowest BCUT2D eigenvalue weighted by Gasteiger charge is -2.18. The summed E-state index contributed by atoms with van der Waals surface area (Å²) >= 11 is 0. The van der Waals surface area contributed by atoms with E-state index in [1.807, 2.05) is 7.05 Å². The monoisotopic (exact) mass is 327 g/mol. The maximum Gasteiger partial charge on any atom is 0.191 e. The number of hydrogen-bond donors (Lipinski definition) is 2. The smallest absolute Gasteiger partial charge is 0.191 e. The first-order valence-electron chi connectivity index (χ1n) is 9.24. The maximum atomic E-state index is 5.71. The van der Waals surface area contributed by atoms with Gasteiger partial charge in [0.1, 0.15) is 0 Å². The van der Waals surface area contributed by atoms with Gasteiger partial charge < -0.3 is 20.1 Å². The number of rotatable bonds is 11. The highest BCUT2D eigenvalue weighted by Gasteiger charge is 2.15. The summed E-state index contributed by atoms with van der Waals surface area (Å²) in [5, 5.41) is 6.82. The molecule has 0 saturated carbocycles. The van der Waals surface area contributed by atoms with Crippen LogP contribution in [0.1, 0.15) is 52.9 Å². The first kappa shape index (κ1) is 20.2. The van der Waals surface area contributed by atoms with Crippen LogP contribution >= 0.6 is 0 Å². The summed E-state index contributed by atoms with van der Waals surface area (Å²) in [5.41, 5.74) is 0. The van der Waals surface area contributed by atoms with Gasteiger partial charge in [-0.15, -0.1) is 0 Å². The Balaban J connectivity index is 2.00. The third-order valence-corrected chi connectivity index (χ3v) is 4.16. The first-order valence-corrected chi connectivity index (χ1v) is 9.24. The van der Waals surface area contributed by atoms with Crippen molar-refractivity contribution in [2.75, 3.05) is 40.0 Å². The van der Waals surface area contributed by atoms with Gasteiger partial charge >= 0.3 is 0 Å². The largest absolute Gasteiger partial charge is 0.381 e. The molecule has 1 aliphatic heterocycles. The van der Waals surface area contributed by atoms with Crippen molar-refractivity contribution in [3.8, 4) is 0 Å². The van der Waals surface area contributed by atoms with Gasteiger partial charge in [-0.2, -0.15) is 0 Å². The van der Waals surface area contributed by atoms with Crippen molar-refractivity contribution in [1.82, 2.24) is 10.6 Å². The van der Waals surface area contributed by atoms with Crippen molar-refractivity contribution >= 4 is 5.96 Å². The fraction of sp³-hybridized carbons (Fsp3) is 0.944. The molecule has 2 atom stereocenters. The van der Waals surface area contributed by atoms with Crippen molar-refractivity contribution in [3.05, 3.63) is 0 Å². The van der Waals surface area contributed by atoms with Gasteiger partial charge in [-0.25, -0.2) is 0 Å². The van der Waals surface area contributed by atoms with Crippen LogP contribution in [0.4, 0.5) is 0 Å². The molecule has 5 heteroatoms. The summed E-state index contributed by atoms with van der Waals surface area (Å²) in [7, 11) is 1.83. The van der Waals surface area contributed by atoms with Crippen LogP contribution in [0.3, 0.4) is 0 Å². The van der Waals surface area contributed by atoms with E-state index < -0.39 is 0 Å². The van der Waals surface area contributed by atoms with Gasteiger partial charge in [0.15, 0.2) is 5.96 Å². The lowest BCUT2D eigenvalue weighted by atomic mass is 10.0. The average Bonchev–Trinajstić information content (AvgIpc) is 3.02. The second kappa shape index (κ2) is 12.6. The quantitative estimate of drug-likeness (QED) is 0.348. The molecule has 1 saturated heterocycles. The highest BCUT2D eigenvalue weighted by Crippen LogP contribution is 2.12. The van der Waals surface area contributed by atoms with Crippen LogP contribution < -0.4 is 10.6 Å². The van der Waals surface area contributed by atoms with Gasteiger partial charge in [0.2, 0.25) is 0 Å². The Morgan fingerprint density at radius 1 is 1.26 bits per heavy atom. The molecule has 0 amide bonds. The average molecular weight is 328 g/mol. The second-order valence-electron chi connectivity index (χ2n) is 7.03. The van der Waals surface area contributed by atoms with Crippen molar-refractivity contribution in [2.45, 2.75) is 58.9 Å². The van der Waals surface area contributed by atoms with Crippen molar-refractivity contribution < 1.29 is 9.47 Å². The van der Waals surface area contributed by atoms with Gasteiger partial charge in [0.25, 0.3) is 0 Å². The van der Waals surface area contributed by atoms with E-state index in [9.17, 15) is 0 Å². The van der Waals surface area contributed by atoms with E-state index in [1.165, 1.54) is 19.3 Å². The Hall–Kier alpha value is -0.810. The van der Waals surface area contributed by atoms with Crippen LogP contribution in [-0.4, -0.2) is 52.0 Å². The lowest BCUT2D eigenvalue weighted by molar-refractivity contribution is 0.0888. The molecule has 1 fully saturated rings. The Bertz CT molecular complexity index is 315. The molecule has 0 aromatic carbocycles. The van der Waals surface area contributed by atoms with E-state index in [1.54, 1.807) is 0 Å². The molecule has 23 heavy (non-hydrogen) atoms. The van der Waals surface area contributed by atoms with Crippen LogP contribution in [0, 0.1) is 11.8 Å². The molecule has 1 heterocycles. The van der Waals surface area contributed by atoms with E-state index in [0.717, 1.165) is 57.7 Å². The maximum absolute atomic E-state index is 5.71. The van der Waals surface area contributed by atoms with Crippen LogP contribution in [0.25, 0.3) is 0 Å². The molecule has 5 nitrogen and oxygen atoms in total. The highest BCUT2D eigenvalue weighted by atomic mass is 16.5. The predicted octanol–water partition coefficient (Wildman–Crippen LogP) is 2.81. The Morgan fingerprint density at radius 2 is 2.09 bits per heavy atom. The summed E-state index contributed by atoms with van der Waals surface area (Å²) in [5.74, 6) is 2.28. The number of guanidine groups is 1. The SMILES string of the molecule is CN=C(NCCCOCC1CCOC1)NC(C)CCCC(C)C. The van der Waals surface area contributed by atoms with Crippen molar-refractivity contribution in [3.63, 3.8) is 0 Å². The third kappa shape index (κ3) is 10.6. The molecular weight excluding hydrogens is 290 g/mol. The zero-order valence-electron chi connectivity index (χ0n) is 15.6. The van der Waals surface area contributed by atoms with E-state index in [2.05, 4.69) is 36.4 Å². The zero-order valence-corrected chi connectivity index (χ0v) is 15.6. The van der Waals surface area contributed by atoms with Gasteiger partial charge in [0.05, 0.1) is 13.2 Å². The summed E-state index contributed by atoms with van der Waals surface area (Å²) in [6.45, 7) is 11.1. The normalized spacial score (nSPS) is 20.0. The minimum absolute atomic E-state index is 0.457. The topological polar surface area (TPSA) is 54.9 Å². The van der Waals surface area contributed by atoms with Gasteiger partial charge in [-0.1, -0.05) is 26.7 Å². The second-order valence-corrected chi connectivity index (χ2v) is 7.03. The summed E-state index contributed by atoms with van der Waals surface area (Å²) in [6.07, 6.45) is 5.88. The molecule has 0 aliphatic carbocycles. The molecule has 0 bridgehead atoms. The highest BCUT2D eigenvalue weighted by molar-refractivity contribution is 5.79. The van der Waals surface area contributed by atoms with E-state index in [4.69, 9.17) is 9.47 Å². The molecule has 2 N–H and O–H groups in total. The molecular formula is C18H37N3O2. The van der Waals surface area contributed by atoms with E-state index >= 15 is 0 Å². The number of nitrogens with zero attached hydrogens (tertiary/aromatic N) is 1. The summed E-state index contributed by atoms with van der Waals surface area (Å²) in [6, 6.07) is 0.457. The zero-order chi connectivity index (χ0) is 16.9. The minimum atomic E-state index is 0.457. The van der Waals surface area contributed by atoms with Crippen LogP contribution in [-0.2, 0) is 9.47 Å². The number of hydrogen-bond acceptors (Lipinski definition) is 3. The molecule has 2 unspecified atom stereocenters. The van der Waals surface area contributed by atoms with Crippen LogP contribution in [0.15, 0.2) is 4.99 Å². The summed E-state index contributed by atoms with van der Waals surface area (Å²) < 4.78 is 11.1. The minimum Gasteiger partial charge on any atom is -0.381 e. The van der Waals surface area contributed by atoms with Crippen LogP contribution in [0.5, 0.6) is 0 Å². The van der Waals surface area contributed by atoms with Gasteiger partial charge in [0, 0.05) is 38.8 Å². The summed E-state index contributed by atoms with van der Waals surface area (Å²) in [4.78, 5) is 4.29. The molecule has 0 aromatic heterocycles. The van der Waals surface area contributed by atoms with Crippen LogP contribution in [0.2, 0.25) is 0 Å². The molecule has 0 radical (unpaired) electrons. The Labute approximate surface area is 142 Å². The Kier molecular flexibility index (Phi) is 11.1. The molecule has 136 valence electrons. The molecule has 1 rings (SSSR count). The van der Waals surface area contributed by atoms with Crippen molar-refractivity contribution in [2.24, 2.45) is 16.8 Å². The van der Waals surface area contributed by atoms with E-state index in [-0.39, 0.29) is 0 Å². The number of aliphatic imine (C=N–C) groups is 1. The fourth-order valence-corrected chi connectivity index (χ4v) is 2.68. The van der Waals surface area contributed by atoms with Crippen molar-refractivity contribution in [1.29, 1.82) is 0 Å².